The Morgan fingerprint density at radius 2 is 1.83 bits per heavy atom. The number of H-pyrrole nitrogens is 1. The number of carbonyl (C=O) groups excluding carboxylic acids is 1. The van der Waals surface area contributed by atoms with Crippen molar-refractivity contribution in [2.24, 2.45) is 0 Å². The van der Waals surface area contributed by atoms with Crippen molar-refractivity contribution in [3.63, 3.8) is 0 Å². The Labute approximate surface area is 203 Å². The minimum Gasteiger partial charge on any atom is -0.489 e. The van der Waals surface area contributed by atoms with E-state index in [2.05, 4.69) is 4.98 Å². The van der Waals surface area contributed by atoms with Gasteiger partial charge in [0.15, 0.2) is 0 Å². The molecule has 184 valence electrons. The van der Waals surface area contributed by atoms with Crippen molar-refractivity contribution in [2.75, 3.05) is 35.2 Å². The molecule has 1 amide bonds. The normalized spacial score (nSPS) is 14.8. The number of nitrogens with two attached hydrogens (primary N) is 1. The van der Waals surface area contributed by atoms with E-state index in [1.807, 2.05) is 68.4 Å². The molecule has 4 rings (SSSR count). The highest BCUT2D eigenvalue weighted by atomic mass is 16.5. The summed E-state index contributed by atoms with van der Waals surface area (Å²) in [6.45, 7) is 4.82. The van der Waals surface area contributed by atoms with E-state index in [9.17, 15) is 14.4 Å². The summed E-state index contributed by atoms with van der Waals surface area (Å²) in [5.41, 5.74) is 6.92. The van der Waals surface area contributed by atoms with Crippen LogP contribution in [0.5, 0.6) is 5.75 Å². The fourth-order valence-corrected chi connectivity index (χ4v) is 4.43. The molecule has 1 unspecified atom stereocenters. The molecule has 1 aliphatic heterocycles. The van der Waals surface area contributed by atoms with Crippen molar-refractivity contribution in [3.05, 3.63) is 81.0 Å². The number of nitrogens with zero attached hydrogens (tertiary/aromatic N) is 3. The number of carbonyl (C=O) groups is 1. The molecule has 0 spiro atoms. The molecule has 1 aromatic heterocycles. The van der Waals surface area contributed by atoms with Crippen molar-refractivity contribution < 1.29 is 9.53 Å². The maximum absolute atomic E-state index is 13.8. The van der Waals surface area contributed by atoms with E-state index in [4.69, 9.17) is 10.5 Å². The molecule has 1 atom stereocenters. The number of likely N-dealkylation sites (N-methyl/N-ethyl adjacent to an activating group) is 1. The Hall–Kier alpha value is -4.01. The molecule has 0 bridgehead atoms. The predicted octanol–water partition coefficient (Wildman–Crippen LogP) is 2.91. The minimum absolute atomic E-state index is 0.0730. The van der Waals surface area contributed by atoms with Gasteiger partial charge in [0.1, 0.15) is 23.9 Å². The molecular weight excluding hydrogens is 446 g/mol. The highest BCUT2D eigenvalue weighted by Crippen LogP contribution is 2.39. The third kappa shape index (κ3) is 4.80. The molecule has 0 saturated heterocycles. The Morgan fingerprint density at radius 3 is 2.54 bits per heavy atom. The third-order valence-electron chi connectivity index (χ3n) is 6.26. The average molecular weight is 478 g/mol. The quantitative estimate of drug-likeness (QED) is 0.516. The van der Waals surface area contributed by atoms with Crippen LogP contribution >= 0.6 is 0 Å². The summed E-state index contributed by atoms with van der Waals surface area (Å²) >= 11 is 0. The molecule has 3 N–H and O–H groups in total. The van der Waals surface area contributed by atoms with Gasteiger partial charge < -0.3 is 15.4 Å². The lowest BCUT2D eigenvalue weighted by molar-refractivity contribution is -0.118. The predicted molar refractivity (Wildman–Crippen MR) is 137 cm³/mol. The molecular formula is C26H31N5O4. The van der Waals surface area contributed by atoms with E-state index >= 15 is 0 Å². The topological polar surface area (TPSA) is 114 Å². The van der Waals surface area contributed by atoms with Crippen molar-refractivity contribution in [1.82, 2.24) is 9.55 Å². The number of anilines is 3. The van der Waals surface area contributed by atoms with Crippen LogP contribution in [0.2, 0.25) is 0 Å². The number of aromatic amines is 1. The number of amides is 1. The van der Waals surface area contributed by atoms with Gasteiger partial charge in [-0.25, -0.2) is 4.79 Å². The van der Waals surface area contributed by atoms with Gasteiger partial charge >= 0.3 is 5.69 Å². The molecule has 2 heterocycles. The number of rotatable bonds is 8. The lowest BCUT2D eigenvalue weighted by Gasteiger charge is -2.38. The number of unbranched alkanes of at least 4 members (excludes halogenated alkanes) is 1. The number of nitrogen functional groups attached to an aromatic ring is 1. The van der Waals surface area contributed by atoms with Crippen molar-refractivity contribution in [3.8, 4) is 5.75 Å². The van der Waals surface area contributed by atoms with Gasteiger partial charge in [0.25, 0.3) is 5.56 Å². The summed E-state index contributed by atoms with van der Waals surface area (Å²) in [7, 11) is 0. The smallest absolute Gasteiger partial charge is 0.330 e. The van der Waals surface area contributed by atoms with Crippen LogP contribution in [-0.2, 0) is 11.3 Å². The van der Waals surface area contributed by atoms with Crippen molar-refractivity contribution in [1.29, 1.82) is 0 Å². The van der Waals surface area contributed by atoms with Crippen LogP contribution in [-0.4, -0.2) is 35.2 Å². The Balaban J connectivity index is 1.71. The Kier molecular flexibility index (Phi) is 7.24. The second-order valence-electron chi connectivity index (χ2n) is 8.48. The first-order valence-electron chi connectivity index (χ1n) is 11.9. The number of para-hydroxylation sites is 2. The molecule has 0 saturated carbocycles. The zero-order valence-corrected chi connectivity index (χ0v) is 20.1. The van der Waals surface area contributed by atoms with E-state index in [1.165, 1.54) is 4.57 Å². The van der Waals surface area contributed by atoms with Crippen molar-refractivity contribution in [2.45, 2.75) is 39.3 Å². The standard InChI is InChI=1S/C26H31N5O4/c1-3-5-15-30-24(27)23(25(33)28-26(30)34)29(4-2)16-22(32)31-19-13-9-10-14-21(19)35-17-20(31)18-11-7-6-8-12-18/h6-14,20H,3-5,15-17,27H2,1-2H3,(H,28,33,34). The van der Waals surface area contributed by atoms with Gasteiger partial charge in [-0.2, -0.15) is 0 Å². The van der Waals surface area contributed by atoms with Gasteiger partial charge in [-0.15, -0.1) is 0 Å². The summed E-state index contributed by atoms with van der Waals surface area (Å²) in [5.74, 6) is 0.493. The number of hydrogen-bond acceptors (Lipinski definition) is 6. The molecule has 0 radical (unpaired) electrons. The molecule has 2 aromatic carbocycles. The maximum Gasteiger partial charge on any atom is 0.330 e. The van der Waals surface area contributed by atoms with E-state index in [0.717, 1.165) is 18.4 Å². The number of nitrogens with one attached hydrogen (secondary N) is 1. The first-order valence-corrected chi connectivity index (χ1v) is 11.9. The maximum atomic E-state index is 13.8. The zero-order chi connectivity index (χ0) is 24.9. The average Bonchev–Trinajstić information content (AvgIpc) is 2.87. The lowest BCUT2D eigenvalue weighted by atomic mass is 10.0. The summed E-state index contributed by atoms with van der Waals surface area (Å²) in [6.07, 6.45) is 1.61. The number of ether oxygens (including phenoxy) is 1. The zero-order valence-electron chi connectivity index (χ0n) is 20.1. The van der Waals surface area contributed by atoms with Crippen molar-refractivity contribution >= 4 is 23.1 Å². The van der Waals surface area contributed by atoms with E-state index in [1.54, 1.807) is 9.80 Å². The molecule has 35 heavy (non-hydrogen) atoms. The second kappa shape index (κ2) is 10.5. The van der Waals surface area contributed by atoms with Crippen LogP contribution in [0.1, 0.15) is 38.3 Å². The molecule has 3 aromatic rings. The van der Waals surface area contributed by atoms with Gasteiger partial charge in [0, 0.05) is 13.1 Å². The van der Waals surface area contributed by atoms with Crippen LogP contribution in [0.3, 0.4) is 0 Å². The third-order valence-corrected chi connectivity index (χ3v) is 6.26. The summed E-state index contributed by atoms with van der Waals surface area (Å²) in [5, 5.41) is 0. The SMILES string of the molecule is CCCCn1c(N)c(N(CC)CC(=O)N2c3ccccc3OCC2c2ccccc2)c(=O)[nH]c1=O. The summed E-state index contributed by atoms with van der Waals surface area (Å²) in [4.78, 5) is 44.7. The van der Waals surface area contributed by atoms with Crippen LogP contribution in [0.4, 0.5) is 17.2 Å². The second-order valence-corrected chi connectivity index (χ2v) is 8.48. The monoisotopic (exact) mass is 477 g/mol. The van der Waals surface area contributed by atoms with Crippen LogP contribution < -0.4 is 31.5 Å². The fourth-order valence-electron chi connectivity index (χ4n) is 4.43. The van der Waals surface area contributed by atoms with Gasteiger partial charge in [-0.3, -0.25) is 24.0 Å². The Morgan fingerprint density at radius 1 is 1.11 bits per heavy atom. The first kappa shape index (κ1) is 24.1. The van der Waals surface area contributed by atoms with Gasteiger partial charge in [0.2, 0.25) is 5.91 Å². The highest BCUT2D eigenvalue weighted by molar-refractivity contribution is 5.99. The van der Waals surface area contributed by atoms with Gasteiger partial charge in [0.05, 0.1) is 18.3 Å². The molecule has 0 fully saturated rings. The number of hydrogen-bond donors (Lipinski definition) is 2. The molecule has 0 aliphatic carbocycles. The molecule has 1 aliphatic rings. The Bertz CT molecular complexity index is 1300. The van der Waals surface area contributed by atoms with E-state index in [0.29, 0.717) is 31.1 Å². The number of fused-ring (bicyclic) bond motifs is 1. The summed E-state index contributed by atoms with van der Waals surface area (Å²) < 4.78 is 7.34. The molecule has 9 heteroatoms. The fraction of sp³-hybridized carbons (Fsp3) is 0.346. The first-order chi connectivity index (χ1) is 17.0. The van der Waals surface area contributed by atoms with Crippen LogP contribution in [0, 0.1) is 0 Å². The highest BCUT2D eigenvalue weighted by Gasteiger charge is 2.34. The van der Waals surface area contributed by atoms with Crippen LogP contribution in [0.25, 0.3) is 0 Å². The van der Waals surface area contributed by atoms with Crippen LogP contribution in [0.15, 0.2) is 64.2 Å². The largest absolute Gasteiger partial charge is 0.489 e. The lowest BCUT2D eigenvalue weighted by Crippen LogP contribution is -2.47. The number of benzene rings is 2. The van der Waals surface area contributed by atoms with E-state index in [-0.39, 0.29) is 30.0 Å². The molecule has 9 nitrogen and oxygen atoms in total. The number of aromatic nitrogens is 2. The minimum atomic E-state index is -0.600. The summed E-state index contributed by atoms with van der Waals surface area (Å²) in [6, 6.07) is 16.8. The van der Waals surface area contributed by atoms with E-state index < -0.39 is 11.2 Å². The van der Waals surface area contributed by atoms with Gasteiger partial charge in [-0.05, 0) is 31.0 Å². The van der Waals surface area contributed by atoms with Gasteiger partial charge in [-0.1, -0.05) is 55.8 Å².